The smallest absolute Gasteiger partial charge is 0.312 e. The van der Waals surface area contributed by atoms with E-state index >= 15 is 0 Å². The lowest BCUT2D eigenvalue weighted by Gasteiger charge is -2.27. The van der Waals surface area contributed by atoms with Crippen molar-refractivity contribution in [3.8, 4) is 0 Å². The molecule has 1 fully saturated rings. The van der Waals surface area contributed by atoms with Crippen LogP contribution in [0.25, 0.3) is 0 Å². The molecule has 1 unspecified atom stereocenters. The zero-order valence-electron chi connectivity index (χ0n) is 11.9. The van der Waals surface area contributed by atoms with Crippen molar-refractivity contribution < 1.29 is 13.2 Å². The van der Waals surface area contributed by atoms with Crippen LogP contribution in [0.1, 0.15) is 36.9 Å². The molecule has 2 rings (SSSR count). The van der Waals surface area contributed by atoms with Crippen molar-refractivity contribution in [2.24, 2.45) is 0 Å². The van der Waals surface area contributed by atoms with Crippen LogP contribution in [0.5, 0.6) is 0 Å². The Morgan fingerprint density at radius 3 is 2.55 bits per heavy atom. The van der Waals surface area contributed by atoms with Crippen LogP contribution >= 0.6 is 0 Å². The van der Waals surface area contributed by atoms with E-state index in [4.69, 9.17) is 0 Å². The van der Waals surface area contributed by atoms with Crippen LogP contribution in [-0.2, 0) is 6.18 Å². The number of hydrogen-bond acceptors (Lipinski definition) is 2. The second-order valence-corrected chi connectivity index (χ2v) is 5.28. The van der Waals surface area contributed by atoms with Crippen LogP contribution in [0.2, 0.25) is 0 Å². The number of benzene rings is 1. The second-order valence-electron chi connectivity index (χ2n) is 5.28. The van der Waals surface area contributed by atoms with Crippen molar-refractivity contribution in [2.75, 3.05) is 20.1 Å². The van der Waals surface area contributed by atoms with Gasteiger partial charge >= 0.3 is 6.18 Å². The van der Waals surface area contributed by atoms with Gasteiger partial charge in [-0.3, -0.25) is 4.90 Å². The molecule has 0 heterocycles. The van der Waals surface area contributed by atoms with E-state index in [9.17, 15) is 13.2 Å². The van der Waals surface area contributed by atoms with E-state index in [0.717, 1.165) is 19.2 Å². The Bertz CT molecular complexity index is 441. The SMILES string of the molecule is CCN(CC(NC)c1cccc(C(F)(F)F)c1)C1CC1. The summed E-state index contributed by atoms with van der Waals surface area (Å²) in [6.45, 7) is 3.78. The van der Waals surface area contributed by atoms with Crippen LogP contribution in [0.4, 0.5) is 13.2 Å². The van der Waals surface area contributed by atoms with E-state index in [1.807, 2.05) is 0 Å². The Morgan fingerprint density at radius 1 is 1.35 bits per heavy atom. The fourth-order valence-corrected chi connectivity index (χ4v) is 2.51. The molecule has 1 atom stereocenters. The van der Waals surface area contributed by atoms with Crippen LogP contribution in [0.15, 0.2) is 24.3 Å². The first-order valence-electron chi connectivity index (χ1n) is 7.04. The maximum absolute atomic E-state index is 12.8. The van der Waals surface area contributed by atoms with Gasteiger partial charge in [-0.15, -0.1) is 0 Å². The van der Waals surface area contributed by atoms with Crippen molar-refractivity contribution >= 4 is 0 Å². The summed E-state index contributed by atoms with van der Waals surface area (Å²) in [5, 5.41) is 3.14. The van der Waals surface area contributed by atoms with Gasteiger partial charge in [-0.1, -0.05) is 19.1 Å². The topological polar surface area (TPSA) is 15.3 Å². The minimum Gasteiger partial charge on any atom is -0.312 e. The predicted octanol–water partition coefficient (Wildman–Crippen LogP) is 3.45. The summed E-state index contributed by atoms with van der Waals surface area (Å²) in [5.41, 5.74) is 0.117. The number of nitrogens with one attached hydrogen (secondary N) is 1. The predicted molar refractivity (Wildman–Crippen MR) is 73.5 cm³/mol. The van der Waals surface area contributed by atoms with Crippen LogP contribution in [0.3, 0.4) is 0 Å². The first-order valence-corrected chi connectivity index (χ1v) is 7.04. The fraction of sp³-hybridized carbons (Fsp3) is 0.600. The maximum atomic E-state index is 12.8. The molecule has 0 aromatic heterocycles. The van der Waals surface area contributed by atoms with Gasteiger partial charge in [0.2, 0.25) is 0 Å². The lowest BCUT2D eigenvalue weighted by atomic mass is 10.0. The molecule has 1 aromatic rings. The monoisotopic (exact) mass is 286 g/mol. The Morgan fingerprint density at radius 2 is 2.05 bits per heavy atom. The van der Waals surface area contributed by atoms with Gasteiger partial charge in [0.25, 0.3) is 0 Å². The van der Waals surface area contributed by atoms with E-state index in [0.29, 0.717) is 11.6 Å². The fourth-order valence-electron chi connectivity index (χ4n) is 2.51. The second kappa shape index (κ2) is 6.14. The summed E-state index contributed by atoms with van der Waals surface area (Å²) >= 11 is 0. The van der Waals surface area contributed by atoms with Gasteiger partial charge in [-0.05, 0) is 44.1 Å². The Hall–Kier alpha value is -1.07. The average molecular weight is 286 g/mol. The highest BCUT2D eigenvalue weighted by Gasteiger charge is 2.32. The summed E-state index contributed by atoms with van der Waals surface area (Å²) in [4.78, 5) is 2.33. The van der Waals surface area contributed by atoms with Gasteiger partial charge in [-0.2, -0.15) is 13.2 Å². The maximum Gasteiger partial charge on any atom is 0.416 e. The molecular weight excluding hydrogens is 265 g/mol. The summed E-state index contributed by atoms with van der Waals surface area (Å²) < 4.78 is 38.3. The molecule has 112 valence electrons. The lowest BCUT2D eigenvalue weighted by molar-refractivity contribution is -0.137. The van der Waals surface area contributed by atoms with Gasteiger partial charge in [-0.25, -0.2) is 0 Å². The molecule has 0 saturated heterocycles. The normalized spacial score (nSPS) is 17.5. The molecular formula is C15H21F3N2. The molecule has 1 N–H and O–H groups in total. The summed E-state index contributed by atoms with van der Waals surface area (Å²) in [7, 11) is 1.80. The minimum atomic E-state index is -4.28. The first-order chi connectivity index (χ1) is 9.45. The summed E-state index contributed by atoms with van der Waals surface area (Å²) in [6, 6.07) is 6.16. The van der Waals surface area contributed by atoms with Gasteiger partial charge in [0.1, 0.15) is 0 Å². The van der Waals surface area contributed by atoms with Gasteiger partial charge in [0, 0.05) is 18.6 Å². The standard InChI is InChI=1S/C15H21F3N2/c1-3-20(13-7-8-13)10-14(19-2)11-5-4-6-12(9-11)15(16,17)18/h4-6,9,13-14,19H,3,7-8,10H2,1-2H3. The molecule has 0 amide bonds. The van der Waals surface area contributed by atoms with Crippen LogP contribution in [0, 0.1) is 0 Å². The van der Waals surface area contributed by atoms with Crippen molar-refractivity contribution in [3.05, 3.63) is 35.4 Å². The molecule has 0 radical (unpaired) electrons. The average Bonchev–Trinajstić information content (AvgIpc) is 3.24. The molecule has 1 aliphatic rings. The van der Waals surface area contributed by atoms with Gasteiger partial charge in [0.15, 0.2) is 0 Å². The molecule has 2 nitrogen and oxygen atoms in total. The van der Waals surface area contributed by atoms with E-state index in [1.54, 1.807) is 13.1 Å². The Kier molecular flexibility index (Phi) is 4.70. The largest absolute Gasteiger partial charge is 0.416 e. The van der Waals surface area contributed by atoms with E-state index in [-0.39, 0.29) is 6.04 Å². The van der Waals surface area contributed by atoms with E-state index in [1.165, 1.54) is 25.0 Å². The number of likely N-dealkylation sites (N-methyl/N-ethyl adjacent to an activating group) is 2. The summed E-state index contributed by atoms with van der Waals surface area (Å²) in [5.74, 6) is 0. The third-order valence-electron chi connectivity index (χ3n) is 3.85. The molecule has 1 saturated carbocycles. The van der Waals surface area contributed by atoms with Crippen LogP contribution in [-0.4, -0.2) is 31.1 Å². The summed E-state index contributed by atoms with van der Waals surface area (Å²) in [6.07, 6.45) is -1.88. The molecule has 1 aromatic carbocycles. The van der Waals surface area contributed by atoms with Crippen LogP contribution < -0.4 is 5.32 Å². The molecule has 1 aliphatic carbocycles. The Balaban J connectivity index is 2.14. The van der Waals surface area contributed by atoms with Gasteiger partial charge < -0.3 is 5.32 Å². The first kappa shape index (κ1) is 15.3. The third kappa shape index (κ3) is 3.73. The van der Waals surface area contributed by atoms with E-state index in [2.05, 4.69) is 17.1 Å². The number of hydrogen-bond donors (Lipinski definition) is 1. The van der Waals surface area contributed by atoms with Gasteiger partial charge in [0.05, 0.1) is 5.56 Å². The highest BCUT2D eigenvalue weighted by Crippen LogP contribution is 2.32. The molecule has 0 aliphatic heterocycles. The third-order valence-corrected chi connectivity index (χ3v) is 3.85. The number of alkyl halides is 3. The van der Waals surface area contributed by atoms with Crippen molar-refractivity contribution in [3.63, 3.8) is 0 Å². The van der Waals surface area contributed by atoms with Crippen molar-refractivity contribution in [2.45, 2.75) is 38.0 Å². The quantitative estimate of drug-likeness (QED) is 0.861. The lowest BCUT2D eigenvalue weighted by Crippen LogP contribution is -2.35. The van der Waals surface area contributed by atoms with Crippen molar-refractivity contribution in [1.29, 1.82) is 0 Å². The van der Waals surface area contributed by atoms with E-state index < -0.39 is 11.7 Å². The van der Waals surface area contributed by atoms with Crippen molar-refractivity contribution in [1.82, 2.24) is 10.2 Å². The minimum absolute atomic E-state index is 0.0714. The molecule has 20 heavy (non-hydrogen) atoms. The zero-order valence-corrected chi connectivity index (χ0v) is 11.9. The highest BCUT2D eigenvalue weighted by molar-refractivity contribution is 5.28. The number of halogens is 3. The molecule has 5 heteroatoms. The highest BCUT2D eigenvalue weighted by atomic mass is 19.4. The molecule has 0 bridgehead atoms. The molecule has 0 spiro atoms. The Labute approximate surface area is 118 Å². The zero-order chi connectivity index (χ0) is 14.8. The number of rotatable bonds is 6. The number of nitrogens with zero attached hydrogens (tertiary/aromatic N) is 1.